The largest absolute Gasteiger partial charge is 0.383 e. The molecule has 24 heavy (non-hydrogen) atoms. The Morgan fingerprint density at radius 1 is 1.29 bits per heavy atom. The molecule has 1 aromatic rings. The minimum Gasteiger partial charge on any atom is -0.383 e. The van der Waals surface area contributed by atoms with E-state index in [0.29, 0.717) is 0 Å². The van der Waals surface area contributed by atoms with Gasteiger partial charge in [0.25, 0.3) is 0 Å². The van der Waals surface area contributed by atoms with Crippen molar-refractivity contribution in [3.63, 3.8) is 0 Å². The standard InChI is InChI=1S/C21H32N2S/c1-6-10-13-21(9-4,23-17(5)7-2)16-24-20-12-11-18(8-3)19(14-20)15-22/h11-12,14,23H,5-10,13,16H2,1-4H3. The Morgan fingerprint density at radius 2 is 2.04 bits per heavy atom. The maximum Gasteiger partial charge on any atom is 0.0994 e. The molecule has 1 N–H and O–H groups in total. The molecule has 0 spiro atoms. The third-order valence-corrected chi connectivity index (χ3v) is 5.94. The fourth-order valence-corrected chi connectivity index (χ4v) is 4.02. The molecule has 0 amide bonds. The topological polar surface area (TPSA) is 35.8 Å². The number of nitrogens with zero attached hydrogens (tertiary/aromatic N) is 1. The summed E-state index contributed by atoms with van der Waals surface area (Å²) in [5, 5.41) is 13.0. The van der Waals surface area contributed by atoms with Crippen molar-refractivity contribution >= 4 is 11.8 Å². The molecule has 0 fully saturated rings. The summed E-state index contributed by atoms with van der Waals surface area (Å²) in [4.78, 5) is 1.18. The van der Waals surface area contributed by atoms with Gasteiger partial charge in [-0.25, -0.2) is 0 Å². The number of nitriles is 1. The van der Waals surface area contributed by atoms with Crippen molar-refractivity contribution in [2.45, 2.75) is 76.7 Å². The normalized spacial score (nSPS) is 13.1. The Hall–Kier alpha value is -1.40. The Labute approximate surface area is 152 Å². The first kappa shape index (κ1) is 20.6. The van der Waals surface area contributed by atoms with Crippen LogP contribution in [0, 0.1) is 11.3 Å². The molecule has 1 rings (SSSR count). The zero-order chi connectivity index (χ0) is 18.0. The second-order valence-electron chi connectivity index (χ2n) is 6.39. The van der Waals surface area contributed by atoms with Gasteiger partial charge in [0.05, 0.1) is 11.6 Å². The van der Waals surface area contributed by atoms with E-state index >= 15 is 0 Å². The van der Waals surface area contributed by atoms with Gasteiger partial charge >= 0.3 is 0 Å². The molecule has 0 aliphatic heterocycles. The van der Waals surface area contributed by atoms with Crippen LogP contribution in [0.15, 0.2) is 35.4 Å². The lowest BCUT2D eigenvalue weighted by Gasteiger charge is -2.36. The molecule has 1 unspecified atom stereocenters. The second kappa shape index (κ2) is 10.5. The molecule has 0 heterocycles. The zero-order valence-electron chi connectivity index (χ0n) is 15.7. The average Bonchev–Trinajstić information content (AvgIpc) is 2.63. The monoisotopic (exact) mass is 344 g/mol. The molecule has 0 saturated heterocycles. The predicted molar refractivity (Wildman–Crippen MR) is 106 cm³/mol. The van der Waals surface area contributed by atoms with E-state index in [9.17, 15) is 5.26 Å². The van der Waals surface area contributed by atoms with E-state index in [0.717, 1.165) is 48.3 Å². The SMILES string of the molecule is C=C(CC)NC(CC)(CCCC)CSc1ccc(CC)c(C#N)c1. The quantitative estimate of drug-likeness (QED) is 0.495. The first-order chi connectivity index (χ1) is 11.5. The summed E-state index contributed by atoms with van der Waals surface area (Å²) in [5.74, 6) is 0.999. The number of nitrogens with one attached hydrogen (secondary N) is 1. The van der Waals surface area contributed by atoms with E-state index in [2.05, 4.69) is 57.8 Å². The lowest BCUT2D eigenvalue weighted by molar-refractivity contribution is 0.342. The second-order valence-corrected chi connectivity index (χ2v) is 7.44. The van der Waals surface area contributed by atoms with Crippen molar-refractivity contribution in [3.8, 4) is 6.07 Å². The third-order valence-electron chi connectivity index (χ3n) is 4.65. The molecule has 0 radical (unpaired) electrons. The number of rotatable bonds is 11. The summed E-state index contributed by atoms with van der Waals surface area (Å²) in [7, 11) is 0. The van der Waals surface area contributed by atoms with E-state index in [1.807, 2.05) is 17.8 Å². The summed E-state index contributed by atoms with van der Waals surface area (Å²) < 4.78 is 0. The summed E-state index contributed by atoms with van der Waals surface area (Å²) in [6.45, 7) is 12.9. The maximum atomic E-state index is 9.33. The van der Waals surface area contributed by atoms with Gasteiger partial charge in [-0.15, -0.1) is 11.8 Å². The highest BCUT2D eigenvalue weighted by Crippen LogP contribution is 2.30. The van der Waals surface area contributed by atoms with E-state index in [4.69, 9.17) is 0 Å². The lowest BCUT2D eigenvalue weighted by atomic mass is 9.91. The van der Waals surface area contributed by atoms with Crippen molar-refractivity contribution in [2.75, 3.05) is 5.75 Å². The lowest BCUT2D eigenvalue weighted by Crippen LogP contribution is -2.46. The molecule has 132 valence electrons. The van der Waals surface area contributed by atoms with Gasteiger partial charge in [0.15, 0.2) is 0 Å². The Morgan fingerprint density at radius 3 is 2.58 bits per heavy atom. The summed E-state index contributed by atoms with van der Waals surface area (Å²) >= 11 is 1.85. The van der Waals surface area contributed by atoms with Crippen molar-refractivity contribution in [1.29, 1.82) is 5.26 Å². The molecule has 0 saturated carbocycles. The summed E-state index contributed by atoms with van der Waals surface area (Å²) in [5.41, 5.74) is 3.15. The average molecular weight is 345 g/mol. The van der Waals surface area contributed by atoms with Gasteiger partial charge in [0.2, 0.25) is 0 Å². The van der Waals surface area contributed by atoms with Crippen LogP contribution in [0.1, 0.15) is 70.9 Å². The van der Waals surface area contributed by atoms with Gasteiger partial charge in [-0.2, -0.15) is 5.26 Å². The number of aryl methyl sites for hydroxylation is 1. The minimum absolute atomic E-state index is 0.0873. The summed E-state index contributed by atoms with van der Waals surface area (Å²) in [6, 6.07) is 8.62. The molecule has 0 aromatic heterocycles. The van der Waals surface area contributed by atoms with E-state index in [1.54, 1.807) is 0 Å². The minimum atomic E-state index is 0.0873. The molecule has 1 aromatic carbocycles. The zero-order valence-corrected chi connectivity index (χ0v) is 16.6. The van der Waals surface area contributed by atoms with E-state index in [-0.39, 0.29) is 5.54 Å². The van der Waals surface area contributed by atoms with Crippen LogP contribution in [0.3, 0.4) is 0 Å². The van der Waals surface area contributed by atoms with Gasteiger partial charge in [0.1, 0.15) is 0 Å². The van der Waals surface area contributed by atoms with Gasteiger partial charge < -0.3 is 5.32 Å². The third kappa shape index (κ3) is 5.91. The summed E-state index contributed by atoms with van der Waals surface area (Å²) in [6.07, 6.45) is 6.53. The van der Waals surface area contributed by atoms with Gasteiger partial charge in [-0.1, -0.05) is 53.2 Å². The van der Waals surface area contributed by atoms with Crippen molar-refractivity contribution in [1.82, 2.24) is 5.32 Å². The molecule has 1 atom stereocenters. The number of unbranched alkanes of at least 4 members (excludes halogenated alkanes) is 1. The van der Waals surface area contributed by atoms with Crippen molar-refractivity contribution in [2.24, 2.45) is 0 Å². The number of thioether (sulfide) groups is 1. The highest BCUT2D eigenvalue weighted by molar-refractivity contribution is 7.99. The first-order valence-corrected chi connectivity index (χ1v) is 10.1. The van der Waals surface area contributed by atoms with Crippen LogP contribution in [0.2, 0.25) is 0 Å². The van der Waals surface area contributed by atoms with E-state index < -0.39 is 0 Å². The molecule has 2 nitrogen and oxygen atoms in total. The molecule has 3 heteroatoms. The number of hydrogen-bond acceptors (Lipinski definition) is 3. The number of benzene rings is 1. The highest BCUT2D eigenvalue weighted by Gasteiger charge is 2.27. The molecule has 0 aliphatic rings. The Kier molecular flexibility index (Phi) is 9.00. The molecular weight excluding hydrogens is 312 g/mol. The smallest absolute Gasteiger partial charge is 0.0994 e. The van der Waals surface area contributed by atoms with Crippen molar-refractivity contribution in [3.05, 3.63) is 41.6 Å². The van der Waals surface area contributed by atoms with Crippen LogP contribution >= 0.6 is 11.8 Å². The van der Waals surface area contributed by atoms with Gasteiger partial charge in [0, 0.05) is 21.9 Å². The first-order valence-electron chi connectivity index (χ1n) is 9.15. The van der Waals surface area contributed by atoms with Gasteiger partial charge in [-0.05, 0) is 43.4 Å². The van der Waals surface area contributed by atoms with Crippen LogP contribution in [-0.2, 0) is 6.42 Å². The van der Waals surface area contributed by atoms with E-state index in [1.165, 1.54) is 17.7 Å². The van der Waals surface area contributed by atoms with Crippen molar-refractivity contribution < 1.29 is 0 Å². The Bertz CT molecular complexity index is 574. The molecular formula is C21H32N2S. The fraction of sp³-hybridized carbons (Fsp3) is 0.571. The number of hydrogen-bond donors (Lipinski definition) is 1. The molecule has 0 aliphatic carbocycles. The fourth-order valence-electron chi connectivity index (χ4n) is 2.80. The molecule has 0 bridgehead atoms. The van der Waals surface area contributed by atoms with Crippen LogP contribution < -0.4 is 5.32 Å². The highest BCUT2D eigenvalue weighted by atomic mass is 32.2. The predicted octanol–water partition coefficient (Wildman–Crippen LogP) is 6.07. The van der Waals surface area contributed by atoms with Gasteiger partial charge in [-0.3, -0.25) is 0 Å². The number of allylic oxidation sites excluding steroid dienone is 1. The van der Waals surface area contributed by atoms with Crippen LogP contribution in [0.25, 0.3) is 0 Å². The maximum absolute atomic E-state index is 9.33. The van der Waals surface area contributed by atoms with Crippen LogP contribution in [-0.4, -0.2) is 11.3 Å². The Balaban J connectivity index is 2.90. The van der Waals surface area contributed by atoms with Crippen LogP contribution in [0.4, 0.5) is 0 Å². The van der Waals surface area contributed by atoms with Crippen LogP contribution in [0.5, 0.6) is 0 Å².